The summed E-state index contributed by atoms with van der Waals surface area (Å²) in [6, 6.07) is 14.5. The van der Waals surface area contributed by atoms with Crippen LogP contribution in [-0.2, 0) is 11.2 Å². The Morgan fingerprint density at radius 1 is 1.19 bits per heavy atom. The molecule has 1 aliphatic rings. The summed E-state index contributed by atoms with van der Waals surface area (Å²) in [6.07, 6.45) is 0.370. The number of nitrogens with one attached hydrogen (secondary N) is 1. The van der Waals surface area contributed by atoms with Crippen LogP contribution in [0.5, 0.6) is 11.8 Å². The molecule has 32 heavy (non-hydrogen) atoms. The molecule has 0 atom stereocenters. The van der Waals surface area contributed by atoms with E-state index < -0.39 is 5.97 Å². The first kappa shape index (κ1) is 20.1. The van der Waals surface area contributed by atoms with Gasteiger partial charge in [-0.1, -0.05) is 23.7 Å². The molecule has 1 amide bonds. The van der Waals surface area contributed by atoms with E-state index in [1.807, 2.05) is 24.3 Å². The Kier molecular flexibility index (Phi) is 4.64. The molecular weight excluding hydrogens is 430 g/mol. The zero-order valence-corrected chi connectivity index (χ0v) is 18.0. The SMILES string of the molecule is Cc1ccc(Oc2nc3cc(-c4ccc5c(c4)CC(=O)N5C)c(Cl)cc3[nH]2)cc1C(=O)O. The van der Waals surface area contributed by atoms with Gasteiger partial charge in [0, 0.05) is 18.3 Å². The van der Waals surface area contributed by atoms with Crippen LogP contribution < -0.4 is 9.64 Å². The number of halogens is 1. The highest BCUT2D eigenvalue weighted by Crippen LogP contribution is 2.37. The van der Waals surface area contributed by atoms with Crippen LogP contribution >= 0.6 is 11.6 Å². The summed E-state index contributed by atoms with van der Waals surface area (Å²) in [5, 5.41) is 9.85. The third-order valence-corrected chi connectivity index (χ3v) is 5.98. The quantitative estimate of drug-likeness (QED) is 0.448. The van der Waals surface area contributed by atoms with Crippen LogP contribution in [0.25, 0.3) is 22.2 Å². The second-order valence-corrected chi connectivity index (χ2v) is 8.16. The number of hydrogen-bond donors (Lipinski definition) is 2. The second-order valence-electron chi connectivity index (χ2n) is 7.75. The highest BCUT2D eigenvalue weighted by molar-refractivity contribution is 6.34. The predicted octanol–water partition coefficient (Wildman–Crippen LogP) is 5.20. The fourth-order valence-electron chi connectivity index (χ4n) is 3.92. The predicted molar refractivity (Wildman–Crippen MR) is 122 cm³/mol. The lowest BCUT2D eigenvalue weighted by Gasteiger charge is -2.11. The van der Waals surface area contributed by atoms with E-state index in [4.69, 9.17) is 16.3 Å². The summed E-state index contributed by atoms with van der Waals surface area (Å²) in [6.45, 7) is 1.73. The van der Waals surface area contributed by atoms with Crippen LogP contribution in [0, 0.1) is 6.92 Å². The number of aromatic nitrogens is 2. The number of carbonyl (C=O) groups excluding carboxylic acids is 1. The Labute approximate surface area is 188 Å². The number of aromatic amines is 1. The van der Waals surface area contributed by atoms with Gasteiger partial charge in [0.15, 0.2) is 0 Å². The number of anilines is 1. The summed E-state index contributed by atoms with van der Waals surface area (Å²) in [5.41, 5.74) is 5.72. The number of fused-ring (bicyclic) bond motifs is 2. The fourth-order valence-corrected chi connectivity index (χ4v) is 4.19. The molecule has 3 aromatic carbocycles. The zero-order valence-electron chi connectivity index (χ0n) is 17.3. The Hall–Kier alpha value is -3.84. The zero-order chi connectivity index (χ0) is 22.6. The normalized spacial score (nSPS) is 13.0. The van der Waals surface area contributed by atoms with E-state index in [-0.39, 0.29) is 17.5 Å². The highest BCUT2D eigenvalue weighted by Gasteiger charge is 2.24. The van der Waals surface area contributed by atoms with Crippen LogP contribution in [-0.4, -0.2) is 34.0 Å². The molecule has 0 fully saturated rings. The van der Waals surface area contributed by atoms with Crippen molar-refractivity contribution in [1.82, 2.24) is 9.97 Å². The van der Waals surface area contributed by atoms with Gasteiger partial charge >= 0.3 is 5.97 Å². The summed E-state index contributed by atoms with van der Waals surface area (Å²) in [4.78, 5) is 32.6. The minimum atomic E-state index is -1.02. The topological polar surface area (TPSA) is 95.5 Å². The van der Waals surface area contributed by atoms with Gasteiger partial charge in [0.1, 0.15) is 5.75 Å². The minimum absolute atomic E-state index is 0.0648. The molecule has 0 bridgehead atoms. The van der Waals surface area contributed by atoms with Crippen molar-refractivity contribution >= 4 is 40.2 Å². The van der Waals surface area contributed by atoms with E-state index in [1.54, 1.807) is 37.1 Å². The molecule has 0 saturated heterocycles. The van der Waals surface area contributed by atoms with Crippen LogP contribution in [0.3, 0.4) is 0 Å². The van der Waals surface area contributed by atoms with Gasteiger partial charge in [0.25, 0.3) is 6.01 Å². The number of carbonyl (C=O) groups is 2. The van der Waals surface area contributed by atoms with Crippen LogP contribution in [0.15, 0.2) is 48.5 Å². The standard InChI is InChI=1S/C24H18ClN3O4/c1-12-3-5-15(9-16(12)23(30)31)32-24-26-19-10-17(18(25)11-20(19)27-24)13-4-6-21-14(7-13)8-22(29)28(21)2/h3-7,9-11H,8H2,1-2H3,(H,26,27)(H,30,31). The molecule has 0 saturated carbocycles. The number of rotatable bonds is 4. The van der Waals surface area contributed by atoms with Crippen LogP contribution in [0.2, 0.25) is 5.02 Å². The molecular formula is C24H18ClN3O4. The van der Waals surface area contributed by atoms with Gasteiger partial charge in [0.2, 0.25) is 5.91 Å². The molecule has 0 unspecified atom stereocenters. The average Bonchev–Trinajstić information content (AvgIpc) is 3.27. The summed E-state index contributed by atoms with van der Waals surface area (Å²) in [7, 11) is 1.77. The van der Waals surface area contributed by atoms with Crippen molar-refractivity contribution in [2.45, 2.75) is 13.3 Å². The number of likely N-dealkylation sites (N-methyl/N-ethyl adjacent to an activating group) is 1. The summed E-state index contributed by atoms with van der Waals surface area (Å²) in [5.74, 6) is -0.586. The maximum atomic E-state index is 12.0. The highest BCUT2D eigenvalue weighted by atomic mass is 35.5. The fraction of sp³-hybridized carbons (Fsp3) is 0.125. The van der Waals surface area contributed by atoms with E-state index in [0.29, 0.717) is 33.8 Å². The van der Waals surface area contributed by atoms with Crippen molar-refractivity contribution in [1.29, 1.82) is 0 Å². The van der Waals surface area contributed by atoms with E-state index in [0.717, 1.165) is 22.4 Å². The Morgan fingerprint density at radius 3 is 2.78 bits per heavy atom. The minimum Gasteiger partial charge on any atom is -0.478 e. The number of benzene rings is 3. The molecule has 160 valence electrons. The van der Waals surface area contributed by atoms with Gasteiger partial charge in [-0.25, -0.2) is 4.79 Å². The van der Waals surface area contributed by atoms with Gasteiger partial charge in [-0.3, -0.25) is 4.79 Å². The van der Waals surface area contributed by atoms with E-state index in [2.05, 4.69) is 9.97 Å². The number of imidazole rings is 1. The largest absolute Gasteiger partial charge is 0.478 e. The molecule has 0 spiro atoms. The Bertz CT molecular complexity index is 1430. The molecule has 5 rings (SSSR count). The lowest BCUT2D eigenvalue weighted by atomic mass is 10.0. The van der Waals surface area contributed by atoms with Crippen molar-refractivity contribution in [2.75, 3.05) is 11.9 Å². The lowest BCUT2D eigenvalue weighted by Crippen LogP contribution is -2.20. The van der Waals surface area contributed by atoms with Gasteiger partial charge < -0.3 is 19.7 Å². The Morgan fingerprint density at radius 2 is 2.00 bits per heavy atom. The molecule has 2 heterocycles. The van der Waals surface area contributed by atoms with Crippen LogP contribution in [0.4, 0.5) is 5.69 Å². The van der Waals surface area contributed by atoms with Crippen molar-refractivity contribution < 1.29 is 19.4 Å². The number of hydrogen-bond acceptors (Lipinski definition) is 4. The maximum Gasteiger partial charge on any atom is 0.336 e. The number of carboxylic acids is 1. The molecule has 8 heteroatoms. The number of nitrogens with zero attached hydrogens (tertiary/aromatic N) is 2. The third-order valence-electron chi connectivity index (χ3n) is 5.67. The first-order chi connectivity index (χ1) is 15.3. The smallest absolute Gasteiger partial charge is 0.336 e. The van der Waals surface area contributed by atoms with Crippen molar-refractivity contribution in [2.24, 2.45) is 0 Å². The molecule has 7 nitrogen and oxygen atoms in total. The van der Waals surface area contributed by atoms with Crippen molar-refractivity contribution in [3.8, 4) is 22.9 Å². The van der Waals surface area contributed by atoms with Gasteiger partial charge in [-0.05, 0) is 60.0 Å². The molecule has 0 radical (unpaired) electrons. The first-order valence-corrected chi connectivity index (χ1v) is 10.3. The monoisotopic (exact) mass is 447 g/mol. The number of carboxylic acid groups (broad SMARTS) is 1. The summed E-state index contributed by atoms with van der Waals surface area (Å²) < 4.78 is 5.76. The van der Waals surface area contributed by atoms with E-state index in [1.165, 1.54) is 6.07 Å². The molecule has 4 aromatic rings. The van der Waals surface area contributed by atoms with E-state index in [9.17, 15) is 14.7 Å². The number of amides is 1. The second kappa shape index (κ2) is 7.39. The van der Waals surface area contributed by atoms with Crippen LogP contribution in [0.1, 0.15) is 21.5 Å². The lowest BCUT2D eigenvalue weighted by molar-refractivity contribution is -0.117. The van der Waals surface area contributed by atoms with Crippen molar-refractivity contribution in [3.63, 3.8) is 0 Å². The summed E-state index contributed by atoms with van der Waals surface area (Å²) >= 11 is 6.56. The molecule has 1 aromatic heterocycles. The average molecular weight is 448 g/mol. The number of aryl methyl sites for hydroxylation is 1. The van der Waals surface area contributed by atoms with E-state index >= 15 is 0 Å². The Balaban J connectivity index is 1.49. The van der Waals surface area contributed by atoms with Crippen molar-refractivity contribution in [3.05, 3.63) is 70.2 Å². The molecule has 2 N–H and O–H groups in total. The first-order valence-electron chi connectivity index (χ1n) is 9.91. The third kappa shape index (κ3) is 3.36. The molecule has 0 aliphatic carbocycles. The van der Waals surface area contributed by atoms with Gasteiger partial charge in [-0.2, -0.15) is 4.98 Å². The van der Waals surface area contributed by atoms with Gasteiger partial charge in [-0.15, -0.1) is 0 Å². The van der Waals surface area contributed by atoms with Gasteiger partial charge in [0.05, 0.1) is 28.0 Å². The molecule has 1 aliphatic heterocycles. The number of aromatic carboxylic acids is 1. The number of ether oxygens (including phenoxy) is 1. The number of H-pyrrole nitrogens is 1. The maximum absolute atomic E-state index is 12.0.